The van der Waals surface area contributed by atoms with Gasteiger partial charge in [-0.2, -0.15) is 0 Å². The van der Waals surface area contributed by atoms with Crippen molar-refractivity contribution in [2.45, 2.75) is 0 Å². The van der Waals surface area contributed by atoms with E-state index in [1.165, 1.54) is 6.08 Å². The molecule has 5 nitrogen and oxygen atoms in total. The van der Waals surface area contributed by atoms with Crippen molar-refractivity contribution in [3.8, 4) is 11.5 Å². The van der Waals surface area contributed by atoms with Gasteiger partial charge in [0.2, 0.25) is 6.79 Å². The number of rotatable bonds is 3. The minimum absolute atomic E-state index is 0.145. The fourth-order valence-electron chi connectivity index (χ4n) is 2.14. The van der Waals surface area contributed by atoms with E-state index >= 15 is 0 Å². The summed E-state index contributed by atoms with van der Waals surface area (Å²) in [6.07, 6.45) is 1.54. The number of fused-ring (bicyclic) bond motifs is 1. The summed E-state index contributed by atoms with van der Waals surface area (Å²) < 4.78 is 10.5. The van der Waals surface area contributed by atoms with Crippen LogP contribution in [0.4, 0.5) is 5.69 Å². The molecule has 0 fully saturated rings. The highest BCUT2D eigenvalue weighted by molar-refractivity contribution is 6.21. The molecule has 1 aliphatic rings. The topological polar surface area (TPSA) is 81.8 Å². The van der Waals surface area contributed by atoms with Gasteiger partial charge >= 0.3 is 5.97 Å². The van der Waals surface area contributed by atoms with E-state index in [1.54, 1.807) is 36.4 Å². The van der Waals surface area contributed by atoms with Crippen molar-refractivity contribution in [2.24, 2.45) is 0 Å². The Morgan fingerprint density at radius 1 is 1.14 bits per heavy atom. The zero-order chi connectivity index (χ0) is 14.8. The number of carboxylic acid groups (broad SMARTS) is 1. The number of carbonyl (C=O) groups is 1. The van der Waals surface area contributed by atoms with Crippen molar-refractivity contribution in [2.75, 3.05) is 12.5 Å². The van der Waals surface area contributed by atoms with Crippen LogP contribution in [-0.2, 0) is 4.79 Å². The minimum atomic E-state index is -1.02. The van der Waals surface area contributed by atoms with Crippen molar-refractivity contribution in [3.05, 3.63) is 53.6 Å². The molecule has 5 heteroatoms. The number of carboxylic acids is 1. The van der Waals surface area contributed by atoms with Gasteiger partial charge in [0.25, 0.3) is 0 Å². The van der Waals surface area contributed by atoms with Crippen LogP contribution in [0.2, 0.25) is 0 Å². The lowest BCUT2D eigenvalue weighted by molar-refractivity contribution is -0.130. The molecule has 0 radical (unpaired) electrons. The number of benzene rings is 2. The quantitative estimate of drug-likeness (QED) is 0.514. The average molecular weight is 283 g/mol. The van der Waals surface area contributed by atoms with Gasteiger partial charge in [-0.05, 0) is 17.7 Å². The normalized spacial score (nSPS) is 13.2. The Hall–Kier alpha value is -2.95. The molecule has 0 unspecified atom stereocenters. The van der Waals surface area contributed by atoms with Gasteiger partial charge in [0, 0.05) is 17.3 Å². The number of hydrogen-bond donors (Lipinski definition) is 2. The number of aliphatic carboxylic acids is 1. The minimum Gasteiger partial charge on any atom is -0.478 e. The maximum atomic E-state index is 11.5. The van der Waals surface area contributed by atoms with Gasteiger partial charge in [-0.3, -0.25) is 0 Å². The van der Waals surface area contributed by atoms with Crippen LogP contribution in [0, 0.1) is 0 Å². The molecule has 2 aromatic carbocycles. The van der Waals surface area contributed by atoms with Gasteiger partial charge in [0.15, 0.2) is 11.5 Å². The molecule has 0 aromatic heterocycles. The maximum Gasteiger partial charge on any atom is 0.336 e. The molecule has 0 saturated heterocycles. The monoisotopic (exact) mass is 283 g/mol. The number of nitrogens with two attached hydrogens (primary N) is 1. The van der Waals surface area contributed by atoms with Crippen LogP contribution in [-0.4, -0.2) is 17.9 Å². The van der Waals surface area contributed by atoms with E-state index in [4.69, 9.17) is 15.2 Å². The van der Waals surface area contributed by atoms with Crippen LogP contribution in [0.25, 0.3) is 11.6 Å². The second-order valence-electron chi connectivity index (χ2n) is 4.56. The molecule has 0 atom stereocenters. The predicted octanol–water partition coefficient (Wildman–Crippen LogP) is 2.62. The Morgan fingerprint density at radius 2 is 1.81 bits per heavy atom. The lowest BCUT2D eigenvalue weighted by Crippen LogP contribution is -2.00. The van der Waals surface area contributed by atoms with Gasteiger partial charge in [-0.1, -0.05) is 30.3 Å². The standard InChI is InChI=1S/C16H13NO4/c17-13-8-15-14(20-9-21-15)7-11(13)6-12(16(18)19)10-4-2-1-3-5-10/h1-8H,9,17H2,(H,18,19). The number of nitrogen functional groups attached to an aromatic ring is 1. The van der Waals surface area contributed by atoms with E-state index < -0.39 is 5.97 Å². The number of ether oxygens (including phenoxy) is 2. The van der Waals surface area contributed by atoms with Crippen molar-refractivity contribution in [1.29, 1.82) is 0 Å². The highest BCUT2D eigenvalue weighted by atomic mass is 16.7. The Labute approximate surface area is 121 Å². The van der Waals surface area contributed by atoms with Crippen LogP contribution >= 0.6 is 0 Å². The molecule has 21 heavy (non-hydrogen) atoms. The molecule has 0 spiro atoms. The second-order valence-corrected chi connectivity index (χ2v) is 4.56. The van der Waals surface area contributed by atoms with E-state index in [2.05, 4.69) is 0 Å². The zero-order valence-electron chi connectivity index (χ0n) is 11.1. The summed E-state index contributed by atoms with van der Waals surface area (Å²) in [7, 11) is 0. The van der Waals surface area contributed by atoms with Crippen LogP contribution < -0.4 is 15.2 Å². The summed E-state index contributed by atoms with van der Waals surface area (Å²) in [4.78, 5) is 11.5. The highest BCUT2D eigenvalue weighted by Gasteiger charge is 2.17. The molecule has 2 aromatic rings. The second kappa shape index (κ2) is 5.20. The number of hydrogen-bond acceptors (Lipinski definition) is 4. The third kappa shape index (κ3) is 2.53. The van der Waals surface area contributed by atoms with Crippen molar-refractivity contribution >= 4 is 23.3 Å². The summed E-state index contributed by atoms with van der Waals surface area (Å²) in [6, 6.07) is 12.2. The van der Waals surface area contributed by atoms with E-state index in [-0.39, 0.29) is 12.4 Å². The molecular weight excluding hydrogens is 270 g/mol. The molecule has 0 bridgehead atoms. The molecule has 1 heterocycles. The lowest BCUT2D eigenvalue weighted by Gasteiger charge is -2.06. The van der Waals surface area contributed by atoms with Crippen LogP contribution in [0.3, 0.4) is 0 Å². The maximum absolute atomic E-state index is 11.5. The van der Waals surface area contributed by atoms with Crippen molar-refractivity contribution < 1.29 is 19.4 Å². The zero-order valence-corrected chi connectivity index (χ0v) is 11.1. The molecule has 0 amide bonds. The fraction of sp³-hybridized carbons (Fsp3) is 0.0625. The lowest BCUT2D eigenvalue weighted by atomic mass is 10.0. The summed E-state index contributed by atoms with van der Waals surface area (Å²) in [5.41, 5.74) is 7.75. The summed E-state index contributed by atoms with van der Waals surface area (Å²) in [6.45, 7) is 0.145. The Kier molecular flexibility index (Phi) is 3.23. The smallest absolute Gasteiger partial charge is 0.336 e. The van der Waals surface area contributed by atoms with Gasteiger partial charge in [-0.25, -0.2) is 4.79 Å². The first-order valence-corrected chi connectivity index (χ1v) is 6.34. The Balaban J connectivity index is 2.08. The van der Waals surface area contributed by atoms with Gasteiger partial charge in [0.1, 0.15) is 0 Å². The van der Waals surface area contributed by atoms with Crippen LogP contribution in [0.15, 0.2) is 42.5 Å². The Bertz CT molecular complexity index is 723. The van der Waals surface area contributed by atoms with Crippen LogP contribution in [0.5, 0.6) is 11.5 Å². The van der Waals surface area contributed by atoms with E-state index in [0.29, 0.717) is 28.3 Å². The summed E-state index contributed by atoms with van der Waals surface area (Å²) >= 11 is 0. The van der Waals surface area contributed by atoms with Crippen molar-refractivity contribution in [3.63, 3.8) is 0 Å². The first-order chi connectivity index (χ1) is 10.1. The number of anilines is 1. The molecule has 1 aliphatic heterocycles. The van der Waals surface area contributed by atoms with E-state index in [9.17, 15) is 9.90 Å². The Morgan fingerprint density at radius 3 is 2.48 bits per heavy atom. The fourth-order valence-corrected chi connectivity index (χ4v) is 2.14. The summed E-state index contributed by atoms with van der Waals surface area (Å²) in [5.74, 6) is 0.118. The first kappa shape index (κ1) is 13.1. The predicted molar refractivity (Wildman–Crippen MR) is 78.9 cm³/mol. The van der Waals surface area contributed by atoms with E-state index in [1.807, 2.05) is 6.07 Å². The van der Waals surface area contributed by atoms with Crippen molar-refractivity contribution in [1.82, 2.24) is 0 Å². The highest BCUT2D eigenvalue weighted by Crippen LogP contribution is 2.37. The largest absolute Gasteiger partial charge is 0.478 e. The summed E-state index contributed by atoms with van der Waals surface area (Å²) in [5, 5.41) is 9.41. The molecule has 3 rings (SSSR count). The first-order valence-electron chi connectivity index (χ1n) is 6.34. The third-order valence-electron chi connectivity index (χ3n) is 3.19. The average Bonchev–Trinajstić information content (AvgIpc) is 2.92. The van der Waals surface area contributed by atoms with Gasteiger partial charge < -0.3 is 20.3 Å². The molecule has 0 aliphatic carbocycles. The molecule has 3 N–H and O–H groups in total. The SMILES string of the molecule is Nc1cc2c(cc1C=C(C(=O)O)c1ccccc1)OCO2. The van der Waals surface area contributed by atoms with Gasteiger partial charge in [0.05, 0.1) is 5.57 Å². The molecular formula is C16H13NO4. The van der Waals surface area contributed by atoms with Gasteiger partial charge in [-0.15, -0.1) is 0 Å². The van der Waals surface area contributed by atoms with Crippen LogP contribution in [0.1, 0.15) is 11.1 Å². The van der Waals surface area contributed by atoms with E-state index in [0.717, 1.165) is 0 Å². The molecule has 0 saturated carbocycles. The molecule has 106 valence electrons. The third-order valence-corrected chi connectivity index (χ3v) is 3.19.